The molecular formula is C19H26O3. The molecule has 0 heterocycles. The van der Waals surface area contributed by atoms with E-state index in [0.29, 0.717) is 42.8 Å². The van der Waals surface area contributed by atoms with Crippen LogP contribution in [0.4, 0.5) is 0 Å². The molecule has 0 N–H and O–H groups in total. The van der Waals surface area contributed by atoms with Gasteiger partial charge < -0.3 is 0 Å². The van der Waals surface area contributed by atoms with Gasteiger partial charge in [0.15, 0.2) is 0 Å². The van der Waals surface area contributed by atoms with Crippen molar-refractivity contribution in [3.63, 3.8) is 0 Å². The first-order valence-corrected chi connectivity index (χ1v) is 8.95. The lowest BCUT2D eigenvalue weighted by molar-refractivity contribution is -0.158. The highest BCUT2D eigenvalue weighted by Gasteiger charge is 2.63. The van der Waals surface area contributed by atoms with Crippen LogP contribution in [0, 0.1) is 34.5 Å². The molecule has 0 saturated heterocycles. The molecule has 3 nitrogen and oxygen atoms in total. The smallest absolute Gasteiger partial charge is 0.146 e. The van der Waals surface area contributed by atoms with Crippen molar-refractivity contribution in [3.8, 4) is 0 Å². The molecule has 0 aliphatic heterocycles. The molecule has 4 aliphatic carbocycles. The van der Waals surface area contributed by atoms with Crippen molar-refractivity contribution in [2.45, 2.75) is 65.2 Å². The zero-order chi connectivity index (χ0) is 15.7. The van der Waals surface area contributed by atoms with Crippen LogP contribution in [0.15, 0.2) is 0 Å². The Bertz CT molecular complexity index is 565. The van der Waals surface area contributed by atoms with E-state index >= 15 is 0 Å². The van der Waals surface area contributed by atoms with Gasteiger partial charge in [0.25, 0.3) is 0 Å². The lowest BCUT2D eigenvalue weighted by Crippen LogP contribution is -2.56. The highest BCUT2D eigenvalue weighted by Crippen LogP contribution is 2.64. The summed E-state index contributed by atoms with van der Waals surface area (Å²) in [7, 11) is 0. The lowest BCUT2D eigenvalue weighted by atomic mass is 9.45. The SMILES string of the molecule is C[C@@]12C(=O)CC[C@H]1[C@@H]1CC[C@@H]3CC(=O)CC[C@]3(C)[C@H]1CC2=O. The summed E-state index contributed by atoms with van der Waals surface area (Å²) in [5.74, 6) is 2.43. The maximum Gasteiger partial charge on any atom is 0.146 e. The molecule has 0 radical (unpaired) electrons. The second-order valence-electron chi connectivity index (χ2n) is 8.69. The monoisotopic (exact) mass is 302 g/mol. The Balaban J connectivity index is 1.71. The summed E-state index contributed by atoms with van der Waals surface area (Å²) >= 11 is 0. The van der Waals surface area contributed by atoms with E-state index in [2.05, 4.69) is 6.92 Å². The largest absolute Gasteiger partial charge is 0.300 e. The zero-order valence-corrected chi connectivity index (χ0v) is 13.7. The number of Topliss-reactive ketones (excluding diaryl/α,β-unsaturated/α-hetero) is 3. The quantitative estimate of drug-likeness (QED) is 0.645. The number of ketones is 3. The maximum atomic E-state index is 12.9. The molecule has 0 spiro atoms. The third kappa shape index (κ3) is 1.66. The van der Waals surface area contributed by atoms with Gasteiger partial charge in [0.05, 0.1) is 5.41 Å². The number of hydrogen-bond acceptors (Lipinski definition) is 3. The van der Waals surface area contributed by atoms with Crippen LogP contribution in [0.3, 0.4) is 0 Å². The Morgan fingerprint density at radius 2 is 1.64 bits per heavy atom. The number of rotatable bonds is 0. The number of carbonyl (C=O) groups is 3. The van der Waals surface area contributed by atoms with E-state index in [1.807, 2.05) is 6.92 Å². The van der Waals surface area contributed by atoms with E-state index in [-0.39, 0.29) is 22.9 Å². The van der Waals surface area contributed by atoms with Gasteiger partial charge in [-0.15, -0.1) is 0 Å². The molecule has 0 aromatic carbocycles. The van der Waals surface area contributed by atoms with Crippen molar-refractivity contribution in [2.24, 2.45) is 34.5 Å². The number of carbonyl (C=O) groups excluding carboxylic acids is 3. The molecule has 4 saturated carbocycles. The molecule has 4 rings (SSSR count). The van der Waals surface area contributed by atoms with Crippen molar-refractivity contribution in [3.05, 3.63) is 0 Å². The predicted molar refractivity (Wildman–Crippen MR) is 82.1 cm³/mol. The lowest BCUT2D eigenvalue weighted by Gasteiger charge is -2.58. The van der Waals surface area contributed by atoms with E-state index in [0.717, 1.165) is 32.1 Å². The summed E-state index contributed by atoms with van der Waals surface area (Å²) in [4.78, 5) is 37.1. The highest BCUT2D eigenvalue weighted by atomic mass is 16.2. The predicted octanol–water partition coefficient (Wildman–Crippen LogP) is 3.35. The van der Waals surface area contributed by atoms with Crippen molar-refractivity contribution >= 4 is 17.3 Å². The minimum Gasteiger partial charge on any atom is -0.300 e. The van der Waals surface area contributed by atoms with E-state index < -0.39 is 5.41 Å². The van der Waals surface area contributed by atoms with E-state index in [1.165, 1.54) is 0 Å². The van der Waals surface area contributed by atoms with Crippen LogP contribution in [0.1, 0.15) is 65.2 Å². The molecule has 120 valence electrons. The maximum absolute atomic E-state index is 12.9. The average molecular weight is 302 g/mol. The second-order valence-corrected chi connectivity index (χ2v) is 8.69. The third-order valence-corrected chi connectivity index (χ3v) is 8.07. The zero-order valence-electron chi connectivity index (χ0n) is 13.7. The highest BCUT2D eigenvalue weighted by molar-refractivity contribution is 6.09. The fourth-order valence-corrected chi connectivity index (χ4v) is 6.55. The minimum atomic E-state index is -0.686. The molecule has 0 amide bonds. The summed E-state index contributed by atoms with van der Waals surface area (Å²) in [6.07, 6.45) is 6.64. The summed E-state index contributed by atoms with van der Waals surface area (Å²) in [5, 5.41) is 0. The Labute approximate surface area is 132 Å². The van der Waals surface area contributed by atoms with Gasteiger partial charge in [-0.2, -0.15) is 0 Å². The van der Waals surface area contributed by atoms with Crippen molar-refractivity contribution in [1.82, 2.24) is 0 Å². The molecule has 6 atom stereocenters. The first kappa shape index (κ1) is 14.6. The van der Waals surface area contributed by atoms with Crippen LogP contribution >= 0.6 is 0 Å². The first-order chi connectivity index (χ1) is 10.4. The molecule has 0 aromatic rings. The van der Waals surface area contributed by atoms with Gasteiger partial charge in [-0.1, -0.05) is 6.92 Å². The molecule has 22 heavy (non-hydrogen) atoms. The van der Waals surface area contributed by atoms with E-state index in [4.69, 9.17) is 0 Å². The Hall–Kier alpha value is -0.990. The van der Waals surface area contributed by atoms with Crippen LogP contribution in [0.25, 0.3) is 0 Å². The standard InChI is InChI=1S/C19H26O3/c1-18-8-7-12(20)9-11(18)3-4-13-14-5-6-16(21)19(14,2)17(22)10-15(13)18/h11,13-15H,3-10H2,1-2H3/t11-,13+,14+,15+,18+,19+/m1/s1. The van der Waals surface area contributed by atoms with Gasteiger partial charge in [-0.05, 0) is 61.7 Å². The summed E-state index contributed by atoms with van der Waals surface area (Å²) in [5.41, 5.74) is -0.547. The second kappa shape index (κ2) is 4.52. The van der Waals surface area contributed by atoms with Gasteiger partial charge in [0, 0.05) is 25.7 Å². The van der Waals surface area contributed by atoms with E-state index in [9.17, 15) is 14.4 Å². The van der Waals surface area contributed by atoms with Gasteiger partial charge in [0.2, 0.25) is 0 Å². The van der Waals surface area contributed by atoms with Gasteiger partial charge >= 0.3 is 0 Å². The molecule has 4 fully saturated rings. The Morgan fingerprint density at radius 1 is 0.864 bits per heavy atom. The van der Waals surface area contributed by atoms with Crippen molar-refractivity contribution < 1.29 is 14.4 Å². The van der Waals surface area contributed by atoms with Crippen molar-refractivity contribution in [1.29, 1.82) is 0 Å². The van der Waals surface area contributed by atoms with Gasteiger partial charge in [-0.25, -0.2) is 0 Å². The summed E-state index contributed by atoms with van der Waals surface area (Å²) in [6, 6.07) is 0. The fraction of sp³-hybridized carbons (Fsp3) is 0.842. The number of fused-ring (bicyclic) bond motifs is 5. The van der Waals surface area contributed by atoms with Gasteiger partial charge in [0.1, 0.15) is 17.3 Å². The Morgan fingerprint density at radius 3 is 2.41 bits per heavy atom. The molecule has 0 aromatic heterocycles. The normalized spacial score (nSPS) is 51.3. The van der Waals surface area contributed by atoms with Crippen LogP contribution in [-0.4, -0.2) is 17.3 Å². The fourth-order valence-electron chi connectivity index (χ4n) is 6.55. The number of hydrogen-bond donors (Lipinski definition) is 0. The molecule has 0 bridgehead atoms. The van der Waals surface area contributed by atoms with Gasteiger partial charge in [-0.3, -0.25) is 14.4 Å². The van der Waals surface area contributed by atoms with E-state index in [1.54, 1.807) is 0 Å². The molecule has 0 unspecified atom stereocenters. The molecule has 3 heteroatoms. The average Bonchev–Trinajstić information content (AvgIpc) is 2.79. The molecular weight excluding hydrogens is 276 g/mol. The van der Waals surface area contributed by atoms with Crippen LogP contribution in [0.5, 0.6) is 0 Å². The van der Waals surface area contributed by atoms with Crippen molar-refractivity contribution in [2.75, 3.05) is 0 Å². The third-order valence-electron chi connectivity index (χ3n) is 8.07. The minimum absolute atomic E-state index is 0.138. The summed E-state index contributed by atoms with van der Waals surface area (Å²) in [6.45, 7) is 4.25. The Kier molecular flexibility index (Phi) is 3.00. The molecule has 4 aliphatic rings. The summed E-state index contributed by atoms with van der Waals surface area (Å²) < 4.78 is 0. The first-order valence-electron chi connectivity index (χ1n) is 8.95. The van der Waals surface area contributed by atoms with Crippen LogP contribution in [-0.2, 0) is 14.4 Å². The van der Waals surface area contributed by atoms with Crippen LogP contribution < -0.4 is 0 Å². The topological polar surface area (TPSA) is 51.2 Å². The van der Waals surface area contributed by atoms with Crippen LogP contribution in [0.2, 0.25) is 0 Å².